The van der Waals surface area contributed by atoms with E-state index in [1.807, 2.05) is 11.3 Å². The average Bonchev–Trinajstić information content (AvgIpc) is 3.23. The fourth-order valence-corrected chi connectivity index (χ4v) is 3.31. The van der Waals surface area contributed by atoms with Gasteiger partial charge in [0.25, 0.3) is 0 Å². The van der Waals surface area contributed by atoms with Gasteiger partial charge in [0, 0.05) is 23.2 Å². The van der Waals surface area contributed by atoms with Gasteiger partial charge in [-0.3, -0.25) is 0 Å². The minimum Gasteiger partial charge on any atom is -0.363 e. The molecule has 1 aromatic heterocycles. The Kier molecular flexibility index (Phi) is 4.94. The van der Waals surface area contributed by atoms with Crippen molar-refractivity contribution in [3.05, 3.63) is 52.2 Å². The van der Waals surface area contributed by atoms with E-state index >= 15 is 0 Å². The van der Waals surface area contributed by atoms with E-state index in [0.717, 1.165) is 25.7 Å². The molecule has 0 radical (unpaired) electrons. The summed E-state index contributed by atoms with van der Waals surface area (Å²) in [5, 5.41) is 5.63. The first-order chi connectivity index (χ1) is 10.4. The molecule has 3 rings (SSSR count). The molecule has 1 aliphatic carbocycles. The standard InChI is InChI=1S/C18H24N2S/c1-2-11-19-13-15-5-7-16(8-6-15)20(17-9-10-17)14-18-4-3-12-21-18/h3-8,12,17,19H,2,9-11,13-14H2,1H3. The van der Waals surface area contributed by atoms with Gasteiger partial charge in [-0.05, 0) is 54.9 Å². The summed E-state index contributed by atoms with van der Waals surface area (Å²) in [6.45, 7) is 5.32. The highest BCUT2D eigenvalue weighted by molar-refractivity contribution is 7.09. The minimum absolute atomic E-state index is 0.746. The Morgan fingerprint density at radius 1 is 1.19 bits per heavy atom. The highest BCUT2D eigenvalue weighted by atomic mass is 32.1. The molecule has 2 nitrogen and oxygen atoms in total. The van der Waals surface area contributed by atoms with Crippen LogP contribution in [0.5, 0.6) is 0 Å². The van der Waals surface area contributed by atoms with E-state index in [9.17, 15) is 0 Å². The Balaban J connectivity index is 1.65. The Bertz CT molecular complexity index is 529. The molecule has 0 aliphatic heterocycles. The molecular formula is C18H24N2S. The number of thiophene rings is 1. The lowest BCUT2D eigenvalue weighted by atomic mass is 10.2. The number of anilines is 1. The normalized spacial score (nSPS) is 14.3. The molecule has 1 saturated carbocycles. The fraction of sp³-hybridized carbons (Fsp3) is 0.444. The molecule has 2 aromatic rings. The van der Waals surface area contributed by atoms with Crippen LogP contribution in [0.1, 0.15) is 36.6 Å². The summed E-state index contributed by atoms with van der Waals surface area (Å²) in [5.41, 5.74) is 2.74. The number of hydrogen-bond acceptors (Lipinski definition) is 3. The first-order valence-corrected chi connectivity index (χ1v) is 8.83. The molecule has 3 heteroatoms. The van der Waals surface area contributed by atoms with E-state index in [2.05, 4.69) is 58.9 Å². The van der Waals surface area contributed by atoms with E-state index in [-0.39, 0.29) is 0 Å². The lowest BCUT2D eigenvalue weighted by Gasteiger charge is -2.24. The van der Waals surface area contributed by atoms with E-state index in [1.165, 1.54) is 35.4 Å². The van der Waals surface area contributed by atoms with Crippen molar-refractivity contribution in [1.82, 2.24) is 5.32 Å². The highest BCUT2D eigenvalue weighted by Crippen LogP contribution is 2.33. The van der Waals surface area contributed by atoms with Crippen LogP contribution in [0.15, 0.2) is 41.8 Å². The van der Waals surface area contributed by atoms with Crippen molar-refractivity contribution in [2.75, 3.05) is 11.4 Å². The van der Waals surface area contributed by atoms with Gasteiger partial charge < -0.3 is 10.2 Å². The van der Waals surface area contributed by atoms with Crippen LogP contribution in [-0.2, 0) is 13.1 Å². The largest absolute Gasteiger partial charge is 0.363 e. The third kappa shape index (κ3) is 4.08. The van der Waals surface area contributed by atoms with Crippen molar-refractivity contribution in [2.45, 2.75) is 45.3 Å². The van der Waals surface area contributed by atoms with Gasteiger partial charge in [0.2, 0.25) is 0 Å². The maximum atomic E-state index is 3.46. The molecule has 0 atom stereocenters. The van der Waals surface area contributed by atoms with Gasteiger partial charge in [0.15, 0.2) is 0 Å². The zero-order valence-corrected chi connectivity index (χ0v) is 13.5. The molecule has 0 bridgehead atoms. The summed E-state index contributed by atoms with van der Waals surface area (Å²) in [6, 6.07) is 14.2. The smallest absolute Gasteiger partial charge is 0.0525 e. The Labute approximate surface area is 131 Å². The van der Waals surface area contributed by atoms with Gasteiger partial charge in [-0.25, -0.2) is 0 Å². The third-order valence-corrected chi connectivity index (χ3v) is 4.78. The molecule has 1 aromatic carbocycles. The first kappa shape index (κ1) is 14.6. The van der Waals surface area contributed by atoms with Gasteiger partial charge in [-0.15, -0.1) is 11.3 Å². The summed E-state index contributed by atoms with van der Waals surface area (Å²) >= 11 is 1.86. The van der Waals surface area contributed by atoms with Gasteiger partial charge in [0.1, 0.15) is 0 Å². The van der Waals surface area contributed by atoms with Crippen LogP contribution < -0.4 is 10.2 Å². The van der Waals surface area contributed by atoms with E-state index in [1.54, 1.807) is 0 Å². The lowest BCUT2D eigenvalue weighted by Crippen LogP contribution is -2.24. The monoisotopic (exact) mass is 300 g/mol. The quantitative estimate of drug-likeness (QED) is 0.726. The summed E-state index contributed by atoms with van der Waals surface area (Å²) < 4.78 is 0. The van der Waals surface area contributed by atoms with Crippen LogP contribution in [0, 0.1) is 0 Å². The van der Waals surface area contributed by atoms with Crippen LogP contribution in [0.4, 0.5) is 5.69 Å². The van der Waals surface area contributed by atoms with Crippen molar-refractivity contribution in [3.8, 4) is 0 Å². The number of hydrogen-bond donors (Lipinski definition) is 1. The first-order valence-electron chi connectivity index (χ1n) is 7.95. The van der Waals surface area contributed by atoms with Crippen molar-refractivity contribution in [2.24, 2.45) is 0 Å². The SMILES string of the molecule is CCCNCc1ccc(N(Cc2cccs2)C2CC2)cc1. The maximum Gasteiger partial charge on any atom is 0.0525 e. The summed E-state index contributed by atoms with van der Waals surface area (Å²) in [4.78, 5) is 4.02. The van der Waals surface area contributed by atoms with Crippen molar-refractivity contribution in [3.63, 3.8) is 0 Å². The number of nitrogens with zero attached hydrogens (tertiary/aromatic N) is 1. The molecule has 1 fully saturated rings. The zero-order chi connectivity index (χ0) is 14.5. The molecular weight excluding hydrogens is 276 g/mol. The number of benzene rings is 1. The number of rotatable bonds is 8. The minimum atomic E-state index is 0.746. The topological polar surface area (TPSA) is 15.3 Å². The molecule has 0 spiro atoms. The van der Waals surface area contributed by atoms with Crippen molar-refractivity contribution in [1.29, 1.82) is 0 Å². The fourth-order valence-electron chi connectivity index (χ4n) is 2.60. The van der Waals surface area contributed by atoms with Crippen LogP contribution in [0.2, 0.25) is 0 Å². The second-order valence-electron chi connectivity index (χ2n) is 5.78. The molecule has 0 amide bonds. The molecule has 0 saturated heterocycles. The summed E-state index contributed by atoms with van der Waals surface area (Å²) in [6.07, 6.45) is 3.87. The van der Waals surface area contributed by atoms with Crippen molar-refractivity contribution < 1.29 is 0 Å². The number of nitrogens with one attached hydrogen (secondary N) is 1. The van der Waals surface area contributed by atoms with E-state index in [0.29, 0.717) is 0 Å². The highest BCUT2D eigenvalue weighted by Gasteiger charge is 2.29. The lowest BCUT2D eigenvalue weighted by molar-refractivity contribution is 0.675. The van der Waals surface area contributed by atoms with E-state index in [4.69, 9.17) is 0 Å². The third-order valence-electron chi connectivity index (χ3n) is 3.92. The van der Waals surface area contributed by atoms with E-state index < -0.39 is 0 Å². The van der Waals surface area contributed by atoms with Crippen LogP contribution in [-0.4, -0.2) is 12.6 Å². The predicted octanol–water partition coefficient (Wildman–Crippen LogP) is 4.42. The molecule has 21 heavy (non-hydrogen) atoms. The van der Waals surface area contributed by atoms with Gasteiger partial charge in [0.05, 0.1) is 6.54 Å². The average molecular weight is 300 g/mol. The Morgan fingerprint density at radius 3 is 2.62 bits per heavy atom. The van der Waals surface area contributed by atoms with Crippen LogP contribution in [0.25, 0.3) is 0 Å². The molecule has 112 valence electrons. The second-order valence-corrected chi connectivity index (χ2v) is 6.81. The van der Waals surface area contributed by atoms with Gasteiger partial charge in [-0.2, -0.15) is 0 Å². The molecule has 1 aliphatic rings. The van der Waals surface area contributed by atoms with Crippen molar-refractivity contribution >= 4 is 17.0 Å². The van der Waals surface area contributed by atoms with Crippen LogP contribution >= 0.6 is 11.3 Å². The van der Waals surface area contributed by atoms with Gasteiger partial charge >= 0.3 is 0 Å². The van der Waals surface area contributed by atoms with Gasteiger partial charge in [-0.1, -0.05) is 25.1 Å². The van der Waals surface area contributed by atoms with Crippen LogP contribution in [0.3, 0.4) is 0 Å². The second kappa shape index (κ2) is 7.10. The molecule has 1 N–H and O–H groups in total. The Morgan fingerprint density at radius 2 is 2.00 bits per heavy atom. The summed E-state index contributed by atoms with van der Waals surface area (Å²) in [7, 11) is 0. The zero-order valence-electron chi connectivity index (χ0n) is 12.7. The predicted molar refractivity (Wildman–Crippen MR) is 92.0 cm³/mol. The molecule has 0 unspecified atom stereocenters. The summed E-state index contributed by atoms with van der Waals surface area (Å²) in [5.74, 6) is 0. The molecule has 1 heterocycles. The Hall–Kier alpha value is -1.32. The maximum absolute atomic E-state index is 3.46.